The first-order valence-electron chi connectivity index (χ1n) is 9.42. The summed E-state index contributed by atoms with van der Waals surface area (Å²) < 4.78 is 0.994. The normalized spacial score (nSPS) is 14.2. The quantitative estimate of drug-likeness (QED) is 0.646. The van der Waals surface area contributed by atoms with Gasteiger partial charge in [0.15, 0.2) is 0 Å². The minimum Gasteiger partial charge on any atom is -0.349 e. The van der Waals surface area contributed by atoms with Crippen LogP contribution in [0.3, 0.4) is 0 Å². The zero-order valence-electron chi connectivity index (χ0n) is 16.0. The lowest BCUT2D eigenvalue weighted by Crippen LogP contribution is -2.32. The van der Waals surface area contributed by atoms with Gasteiger partial charge in [0.25, 0.3) is 11.8 Å². The van der Waals surface area contributed by atoms with Gasteiger partial charge >= 0.3 is 0 Å². The molecule has 1 unspecified atom stereocenters. The summed E-state index contributed by atoms with van der Waals surface area (Å²) in [6.45, 7) is 4.16. The fourth-order valence-corrected chi connectivity index (χ4v) is 3.65. The summed E-state index contributed by atoms with van der Waals surface area (Å²) in [6, 6.07) is 13.1. The lowest BCUT2D eigenvalue weighted by atomic mass is 10.0. The van der Waals surface area contributed by atoms with Gasteiger partial charge in [-0.1, -0.05) is 46.6 Å². The summed E-state index contributed by atoms with van der Waals surface area (Å²) >= 11 is 3.41. The molecule has 146 valence electrons. The molecule has 1 aliphatic rings. The second-order valence-corrected chi connectivity index (χ2v) is 7.91. The summed E-state index contributed by atoms with van der Waals surface area (Å²) in [5.74, 6) is -0.630. The summed E-state index contributed by atoms with van der Waals surface area (Å²) in [5.41, 5.74) is 2.89. The minimum absolute atomic E-state index is 0.0529. The van der Waals surface area contributed by atoms with Crippen molar-refractivity contribution < 1.29 is 14.4 Å². The molecule has 3 amide bonds. The van der Waals surface area contributed by atoms with Gasteiger partial charge in [0.1, 0.15) is 0 Å². The van der Waals surface area contributed by atoms with E-state index in [1.54, 1.807) is 12.1 Å². The van der Waals surface area contributed by atoms with Gasteiger partial charge in [0, 0.05) is 17.4 Å². The predicted molar refractivity (Wildman–Crippen MR) is 111 cm³/mol. The standard InChI is InChI=1S/C22H23BrN2O3/c1-3-19(15-7-9-16(23)10-8-15)24-20(26)5-4-12-25-21(27)17-11-6-14(2)13-18(17)22(25)28/h6-11,13,19H,3-5,12H2,1-2H3,(H,24,26). The first kappa shape index (κ1) is 20.3. The van der Waals surface area contributed by atoms with Crippen LogP contribution in [0.1, 0.15) is 64.1 Å². The summed E-state index contributed by atoms with van der Waals surface area (Å²) in [6.07, 6.45) is 1.48. The molecule has 2 aromatic carbocycles. The van der Waals surface area contributed by atoms with Crippen LogP contribution in [0, 0.1) is 6.92 Å². The molecule has 0 spiro atoms. The van der Waals surface area contributed by atoms with Crippen molar-refractivity contribution in [2.45, 2.75) is 39.2 Å². The Bertz CT molecular complexity index is 908. The molecular formula is C22H23BrN2O3. The maximum Gasteiger partial charge on any atom is 0.261 e. The van der Waals surface area contributed by atoms with Crippen molar-refractivity contribution >= 4 is 33.7 Å². The number of nitrogens with zero attached hydrogens (tertiary/aromatic N) is 1. The van der Waals surface area contributed by atoms with E-state index in [0.717, 1.165) is 22.0 Å². The highest BCUT2D eigenvalue weighted by Crippen LogP contribution is 2.24. The zero-order chi connectivity index (χ0) is 20.3. The molecule has 0 saturated heterocycles. The number of hydrogen-bond acceptors (Lipinski definition) is 3. The first-order chi connectivity index (χ1) is 13.4. The number of fused-ring (bicyclic) bond motifs is 1. The van der Waals surface area contributed by atoms with Crippen LogP contribution in [-0.4, -0.2) is 29.2 Å². The van der Waals surface area contributed by atoms with Gasteiger partial charge < -0.3 is 5.32 Å². The van der Waals surface area contributed by atoms with Gasteiger partial charge in [-0.05, 0) is 49.6 Å². The molecule has 1 heterocycles. The van der Waals surface area contributed by atoms with Crippen LogP contribution in [-0.2, 0) is 4.79 Å². The fraction of sp³-hybridized carbons (Fsp3) is 0.318. The second-order valence-electron chi connectivity index (χ2n) is 6.99. The number of carbonyl (C=O) groups is 3. The van der Waals surface area contributed by atoms with E-state index in [4.69, 9.17) is 0 Å². The van der Waals surface area contributed by atoms with Crippen LogP contribution in [0.4, 0.5) is 0 Å². The van der Waals surface area contributed by atoms with Crippen LogP contribution >= 0.6 is 15.9 Å². The van der Waals surface area contributed by atoms with Gasteiger partial charge in [-0.15, -0.1) is 0 Å². The molecule has 6 heteroatoms. The van der Waals surface area contributed by atoms with Gasteiger partial charge in [0.2, 0.25) is 5.91 Å². The molecule has 0 aromatic heterocycles. The molecule has 0 bridgehead atoms. The van der Waals surface area contributed by atoms with E-state index in [-0.39, 0.29) is 36.7 Å². The van der Waals surface area contributed by atoms with E-state index in [1.807, 2.05) is 44.2 Å². The molecule has 5 nitrogen and oxygen atoms in total. The molecule has 2 aromatic rings. The Morgan fingerprint density at radius 2 is 1.75 bits per heavy atom. The van der Waals surface area contributed by atoms with Crippen molar-refractivity contribution in [3.8, 4) is 0 Å². The average molecular weight is 443 g/mol. The van der Waals surface area contributed by atoms with Crippen LogP contribution < -0.4 is 5.32 Å². The van der Waals surface area contributed by atoms with Crippen molar-refractivity contribution in [3.05, 3.63) is 69.2 Å². The molecule has 3 rings (SSSR count). The molecule has 1 N–H and O–H groups in total. The fourth-order valence-electron chi connectivity index (χ4n) is 3.39. The third-order valence-corrected chi connectivity index (χ3v) is 5.46. The smallest absolute Gasteiger partial charge is 0.261 e. The van der Waals surface area contributed by atoms with E-state index in [0.29, 0.717) is 17.5 Å². The van der Waals surface area contributed by atoms with Crippen LogP contribution in [0.25, 0.3) is 0 Å². The molecule has 0 saturated carbocycles. The monoisotopic (exact) mass is 442 g/mol. The Labute approximate surface area is 173 Å². The highest BCUT2D eigenvalue weighted by molar-refractivity contribution is 9.10. The van der Waals surface area contributed by atoms with E-state index in [1.165, 1.54) is 4.90 Å². The molecule has 0 aliphatic carbocycles. The Kier molecular flexibility index (Phi) is 6.29. The van der Waals surface area contributed by atoms with Gasteiger partial charge in [-0.2, -0.15) is 0 Å². The highest BCUT2D eigenvalue weighted by atomic mass is 79.9. The summed E-state index contributed by atoms with van der Waals surface area (Å²) in [5, 5.41) is 3.03. The van der Waals surface area contributed by atoms with Crippen molar-refractivity contribution in [3.63, 3.8) is 0 Å². The topological polar surface area (TPSA) is 66.5 Å². The number of hydrogen-bond donors (Lipinski definition) is 1. The number of imide groups is 1. The first-order valence-corrected chi connectivity index (χ1v) is 10.2. The van der Waals surface area contributed by atoms with E-state index in [2.05, 4.69) is 21.2 Å². The number of carbonyl (C=O) groups excluding carboxylic acids is 3. The minimum atomic E-state index is -0.276. The molecule has 0 fully saturated rings. The molecule has 0 radical (unpaired) electrons. The van der Waals surface area contributed by atoms with Crippen LogP contribution in [0.2, 0.25) is 0 Å². The van der Waals surface area contributed by atoms with E-state index >= 15 is 0 Å². The molecule has 1 atom stereocenters. The Morgan fingerprint density at radius 3 is 2.43 bits per heavy atom. The average Bonchev–Trinajstić information content (AvgIpc) is 2.91. The number of nitrogens with one attached hydrogen (secondary N) is 1. The van der Waals surface area contributed by atoms with Crippen molar-refractivity contribution in [1.29, 1.82) is 0 Å². The lowest BCUT2D eigenvalue weighted by molar-refractivity contribution is -0.122. The molecule has 28 heavy (non-hydrogen) atoms. The third kappa shape index (κ3) is 4.33. The van der Waals surface area contributed by atoms with Gasteiger partial charge in [-0.3, -0.25) is 19.3 Å². The van der Waals surface area contributed by atoms with E-state index < -0.39 is 0 Å². The molecule has 1 aliphatic heterocycles. The highest BCUT2D eigenvalue weighted by Gasteiger charge is 2.34. The Balaban J connectivity index is 1.53. The summed E-state index contributed by atoms with van der Waals surface area (Å²) in [4.78, 5) is 38.5. The van der Waals surface area contributed by atoms with Crippen molar-refractivity contribution in [2.24, 2.45) is 0 Å². The Morgan fingerprint density at radius 1 is 1.07 bits per heavy atom. The summed E-state index contributed by atoms with van der Waals surface area (Å²) in [7, 11) is 0. The lowest BCUT2D eigenvalue weighted by Gasteiger charge is -2.18. The molecular weight excluding hydrogens is 420 g/mol. The number of rotatable bonds is 7. The van der Waals surface area contributed by atoms with Crippen LogP contribution in [0.15, 0.2) is 46.9 Å². The Hall–Kier alpha value is -2.47. The zero-order valence-corrected chi connectivity index (χ0v) is 17.6. The second kappa shape index (κ2) is 8.69. The van der Waals surface area contributed by atoms with Crippen molar-refractivity contribution in [1.82, 2.24) is 10.2 Å². The van der Waals surface area contributed by atoms with Crippen molar-refractivity contribution in [2.75, 3.05) is 6.54 Å². The van der Waals surface area contributed by atoms with Gasteiger partial charge in [0.05, 0.1) is 17.2 Å². The SMILES string of the molecule is CCC(NC(=O)CCCN1C(=O)c2ccc(C)cc2C1=O)c1ccc(Br)cc1. The number of halogens is 1. The number of aryl methyl sites for hydroxylation is 1. The van der Waals surface area contributed by atoms with Crippen LogP contribution in [0.5, 0.6) is 0 Å². The largest absolute Gasteiger partial charge is 0.349 e. The maximum atomic E-state index is 12.5. The van der Waals surface area contributed by atoms with Gasteiger partial charge in [-0.25, -0.2) is 0 Å². The van der Waals surface area contributed by atoms with E-state index in [9.17, 15) is 14.4 Å². The number of benzene rings is 2. The maximum absolute atomic E-state index is 12.5. The predicted octanol–water partition coefficient (Wildman–Crippen LogP) is 4.40. The third-order valence-electron chi connectivity index (χ3n) is 4.93. The number of amides is 3.